The zero-order chi connectivity index (χ0) is 20.3. The first-order valence-electron chi connectivity index (χ1n) is 7.82. The summed E-state index contributed by atoms with van der Waals surface area (Å²) in [5, 5.41) is 19.5. The highest BCUT2D eigenvalue weighted by Crippen LogP contribution is 2.34. The van der Waals surface area contributed by atoms with Gasteiger partial charge in [0.2, 0.25) is 0 Å². The zero-order valence-electron chi connectivity index (χ0n) is 14.7. The molecule has 1 aromatic carbocycles. The van der Waals surface area contributed by atoms with E-state index in [-0.39, 0.29) is 16.8 Å². The Kier molecular flexibility index (Phi) is 5.40. The van der Waals surface area contributed by atoms with E-state index in [0.717, 1.165) is 17.8 Å². The van der Waals surface area contributed by atoms with E-state index in [0.29, 0.717) is 15.8 Å². The Morgan fingerprint density at radius 1 is 1.25 bits per heavy atom. The van der Waals surface area contributed by atoms with E-state index < -0.39 is 16.7 Å². The van der Waals surface area contributed by atoms with Crippen LogP contribution in [0.1, 0.15) is 26.5 Å². The molecule has 0 atom stereocenters. The monoisotopic (exact) mass is 402 g/mol. The first-order chi connectivity index (χ1) is 13.4. The highest BCUT2D eigenvalue weighted by atomic mass is 32.2. The molecule has 0 saturated carbocycles. The molecule has 0 bridgehead atoms. The molecule has 3 aromatic rings. The fraction of sp³-hybridized carbons (Fsp3) is 0.125. The van der Waals surface area contributed by atoms with E-state index >= 15 is 0 Å². The van der Waals surface area contributed by atoms with Crippen molar-refractivity contribution in [3.05, 3.63) is 63.9 Å². The van der Waals surface area contributed by atoms with E-state index in [1.807, 2.05) is 0 Å². The molecule has 0 aliphatic carbocycles. The first-order valence-corrected chi connectivity index (χ1v) is 8.63. The molecule has 144 valence electrons. The molecule has 0 unspecified atom stereocenters. The van der Waals surface area contributed by atoms with Gasteiger partial charge >= 0.3 is 0 Å². The number of amides is 2. The second-order valence-corrected chi connectivity index (χ2v) is 6.57. The summed E-state index contributed by atoms with van der Waals surface area (Å²) in [4.78, 5) is 35.4. The summed E-state index contributed by atoms with van der Waals surface area (Å²) in [6.07, 6.45) is 2.82. The van der Waals surface area contributed by atoms with E-state index in [9.17, 15) is 19.7 Å². The lowest BCUT2D eigenvalue weighted by molar-refractivity contribution is -0.387. The molecule has 0 spiro atoms. The van der Waals surface area contributed by atoms with Gasteiger partial charge in [0.05, 0.1) is 21.6 Å². The molecule has 2 N–H and O–H groups in total. The number of aryl methyl sites for hydroxylation is 2. The van der Waals surface area contributed by atoms with Crippen LogP contribution < -0.4 is 10.9 Å². The summed E-state index contributed by atoms with van der Waals surface area (Å²) in [7, 11) is 1.71. The third kappa shape index (κ3) is 4.01. The van der Waals surface area contributed by atoms with Crippen LogP contribution in [0.25, 0.3) is 0 Å². The summed E-state index contributed by atoms with van der Waals surface area (Å²) in [5.41, 5.74) is 4.47. The summed E-state index contributed by atoms with van der Waals surface area (Å²) >= 11 is 1.05. The Hall–Kier alpha value is -3.67. The van der Waals surface area contributed by atoms with Crippen LogP contribution in [0.4, 0.5) is 5.69 Å². The number of nitrogens with zero attached hydrogens (tertiary/aromatic N) is 4. The number of aromatic nitrogens is 3. The molecule has 0 radical (unpaired) electrons. The third-order valence-electron chi connectivity index (χ3n) is 3.68. The van der Waals surface area contributed by atoms with Crippen LogP contribution >= 0.6 is 11.8 Å². The second kappa shape index (κ2) is 7.92. The summed E-state index contributed by atoms with van der Waals surface area (Å²) in [6, 6.07) is 5.44. The Morgan fingerprint density at radius 2 is 2.00 bits per heavy atom. The van der Waals surface area contributed by atoms with Gasteiger partial charge in [-0.25, -0.2) is 0 Å². The molecule has 11 nitrogen and oxygen atoms in total. The minimum atomic E-state index is -0.701. The number of benzene rings is 1. The number of nitro benzene ring substituents is 1. The van der Waals surface area contributed by atoms with E-state index in [1.54, 1.807) is 18.5 Å². The van der Waals surface area contributed by atoms with Crippen molar-refractivity contribution < 1.29 is 18.9 Å². The predicted octanol–water partition coefficient (Wildman–Crippen LogP) is 1.85. The highest BCUT2D eigenvalue weighted by Gasteiger charge is 2.20. The van der Waals surface area contributed by atoms with E-state index in [2.05, 4.69) is 21.0 Å². The molecule has 0 fully saturated rings. The summed E-state index contributed by atoms with van der Waals surface area (Å²) in [6.45, 7) is 1.60. The molecule has 12 heteroatoms. The van der Waals surface area contributed by atoms with Gasteiger partial charge in [-0.1, -0.05) is 0 Å². The largest absolute Gasteiger partial charge is 0.469 e. The van der Waals surface area contributed by atoms with Crippen molar-refractivity contribution in [1.82, 2.24) is 25.6 Å². The van der Waals surface area contributed by atoms with Gasteiger partial charge in [-0.15, -0.1) is 10.2 Å². The van der Waals surface area contributed by atoms with Crippen LogP contribution in [0.2, 0.25) is 0 Å². The van der Waals surface area contributed by atoms with Crippen LogP contribution in [-0.2, 0) is 7.05 Å². The number of nitrogens with one attached hydrogen (secondary N) is 2. The Labute approximate surface area is 162 Å². The highest BCUT2D eigenvalue weighted by molar-refractivity contribution is 7.99. The van der Waals surface area contributed by atoms with Crippen LogP contribution in [0.3, 0.4) is 0 Å². The first kappa shape index (κ1) is 19.1. The molecule has 0 aliphatic heterocycles. The summed E-state index contributed by atoms with van der Waals surface area (Å²) in [5.74, 6) is -0.871. The van der Waals surface area contributed by atoms with Gasteiger partial charge in [-0.05, 0) is 36.9 Å². The van der Waals surface area contributed by atoms with Crippen LogP contribution in [0.5, 0.6) is 0 Å². The average molecular weight is 402 g/mol. The van der Waals surface area contributed by atoms with Crippen LogP contribution in [-0.4, -0.2) is 31.5 Å². The smallest absolute Gasteiger partial charge is 0.284 e. The fourth-order valence-corrected chi connectivity index (χ4v) is 3.07. The molecular formula is C16H14N6O5S. The normalized spacial score (nSPS) is 10.5. The number of hydrazine groups is 1. The minimum absolute atomic E-state index is 0.0123. The lowest BCUT2D eigenvalue weighted by Crippen LogP contribution is -2.41. The number of hydrogen-bond donors (Lipinski definition) is 2. The fourth-order valence-electron chi connectivity index (χ4n) is 2.22. The number of hydrogen-bond acceptors (Lipinski definition) is 8. The predicted molar refractivity (Wildman–Crippen MR) is 96.6 cm³/mol. The Balaban J connectivity index is 1.75. The Bertz CT molecular complexity index is 1060. The lowest BCUT2D eigenvalue weighted by atomic mass is 10.2. The van der Waals surface area contributed by atoms with Crippen LogP contribution in [0, 0.1) is 17.0 Å². The van der Waals surface area contributed by atoms with Crippen molar-refractivity contribution in [1.29, 1.82) is 0 Å². The van der Waals surface area contributed by atoms with Crippen molar-refractivity contribution in [3.8, 4) is 0 Å². The molecular weight excluding hydrogens is 388 g/mol. The van der Waals surface area contributed by atoms with Gasteiger partial charge in [0, 0.05) is 18.7 Å². The van der Waals surface area contributed by atoms with Gasteiger partial charge in [0.15, 0.2) is 5.16 Å². The van der Waals surface area contributed by atoms with Gasteiger partial charge < -0.3 is 8.98 Å². The molecule has 28 heavy (non-hydrogen) atoms. The van der Waals surface area contributed by atoms with Gasteiger partial charge in [0.1, 0.15) is 12.1 Å². The van der Waals surface area contributed by atoms with Crippen LogP contribution in [0.15, 0.2) is 51.3 Å². The van der Waals surface area contributed by atoms with E-state index in [4.69, 9.17) is 4.42 Å². The molecule has 0 aliphatic rings. The lowest BCUT2D eigenvalue weighted by Gasteiger charge is -2.08. The molecule has 3 rings (SSSR count). The van der Waals surface area contributed by atoms with Crippen molar-refractivity contribution in [2.45, 2.75) is 17.0 Å². The third-order valence-corrected chi connectivity index (χ3v) is 4.80. The molecule has 2 amide bonds. The molecule has 0 saturated heterocycles. The maximum Gasteiger partial charge on any atom is 0.284 e. The number of furan rings is 1. The van der Waals surface area contributed by atoms with E-state index in [1.165, 1.54) is 30.8 Å². The number of rotatable bonds is 5. The average Bonchev–Trinajstić information content (AvgIpc) is 3.28. The Morgan fingerprint density at radius 3 is 2.61 bits per heavy atom. The summed E-state index contributed by atoms with van der Waals surface area (Å²) < 4.78 is 6.64. The number of carbonyl (C=O) groups is 2. The SMILES string of the molecule is Cc1occc1C(=O)NNC(=O)c1ccc(Sc2nncn2C)c([N+](=O)[O-])c1. The maximum absolute atomic E-state index is 12.3. The second-order valence-electron chi connectivity index (χ2n) is 5.56. The van der Waals surface area contributed by atoms with Gasteiger partial charge in [-0.3, -0.25) is 30.6 Å². The van der Waals surface area contributed by atoms with Gasteiger partial charge in [0.25, 0.3) is 17.5 Å². The number of carbonyl (C=O) groups excluding carboxylic acids is 2. The van der Waals surface area contributed by atoms with Crippen molar-refractivity contribution in [3.63, 3.8) is 0 Å². The zero-order valence-corrected chi connectivity index (χ0v) is 15.5. The maximum atomic E-state index is 12.3. The topological polar surface area (TPSA) is 145 Å². The minimum Gasteiger partial charge on any atom is -0.469 e. The standard InChI is InChI=1S/C16H14N6O5S/c1-9-11(5-6-27-9)15(24)19-18-14(23)10-3-4-13(12(7-10)22(25)26)28-16-20-17-8-21(16)2/h3-8H,1-2H3,(H,18,23)(H,19,24). The van der Waals surface area contributed by atoms with Crippen molar-refractivity contribution >= 4 is 29.3 Å². The molecule has 2 aromatic heterocycles. The van der Waals surface area contributed by atoms with Crippen molar-refractivity contribution in [2.75, 3.05) is 0 Å². The van der Waals surface area contributed by atoms with Gasteiger partial charge in [-0.2, -0.15) is 0 Å². The van der Waals surface area contributed by atoms with Crippen molar-refractivity contribution in [2.24, 2.45) is 7.05 Å². The quantitative estimate of drug-likeness (QED) is 0.486. The molecule has 2 heterocycles. The number of nitro groups is 1.